The summed E-state index contributed by atoms with van der Waals surface area (Å²) in [6.45, 7) is 3.14. The first-order valence-corrected chi connectivity index (χ1v) is 8.75. The Labute approximate surface area is 127 Å². The van der Waals surface area contributed by atoms with E-state index in [1.54, 1.807) is 20.2 Å². The zero-order valence-electron chi connectivity index (χ0n) is 13.0. The Morgan fingerprint density at radius 2 is 2.05 bits per heavy atom. The molecule has 6 nitrogen and oxygen atoms in total. The lowest BCUT2D eigenvalue weighted by Crippen LogP contribution is -2.37. The quantitative estimate of drug-likeness (QED) is 0.847. The highest BCUT2D eigenvalue weighted by atomic mass is 32.2. The third kappa shape index (κ3) is 4.06. The highest BCUT2D eigenvalue weighted by Gasteiger charge is 2.28. The predicted molar refractivity (Wildman–Crippen MR) is 81.5 cm³/mol. The fourth-order valence-corrected chi connectivity index (χ4v) is 3.79. The van der Waals surface area contributed by atoms with Crippen LogP contribution in [0.1, 0.15) is 18.6 Å². The number of furan rings is 1. The van der Waals surface area contributed by atoms with Crippen LogP contribution in [0.2, 0.25) is 0 Å². The Morgan fingerprint density at radius 3 is 2.67 bits per heavy atom. The van der Waals surface area contributed by atoms with Crippen LogP contribution in [0.25, 0.3) is 0 Å². The van der Waals surface area contributed by atoms with Gasteiger partial charge in [0.25, 0.3) is 10.0 Å². The fraction of sp³-hybridized carbons (Fsp3) is 0.714. The smallest absolute Gasteiger partial charge is 0.276 e. The minimum absolute atomic E-state index is 0.0307. The molecule has 0 spiro atoms. The third-order valence-electron chi connectivity index (χ3n) is 4.01. The number of rotatable bonds is 6. The summed E-state index contributed by atoms with van der Waals surface area (Å²) in [4.78, 5) is 2.28. The fourth-order valence-electron chi connectivity index (χ4n) is 2.63. The van der Waals surface area contributed by atoms with Gasteiger partial charge in [-0.2, -0.15) is 4.31 Å². The molecule has 0 bridgehead atoms. The zero-order valence-corrected chi connectivity index (χ0v) is 13.8. The summed E-state index contributed by atoms with van der Waals surface area (Å²) < 4.78 is 31.8. The van der Waals surface area contributed by atoms with Crippen molar-refractivity contribution in [2.75, 3.05) is 40.8 Å². The van der Waals surface area contributed by atoms with Crippen molar-refractivity contribution in [2.24, 2.45) is 5.92 Å². The van der Waals surface area contributed by atoms with E-state index >= 15 is 0 Å². The highest BCUT2D eigenvalue weighted by molar-refractivity contribution is 7.89. The van der Waals surface area contributed by atoms with E-state index in [9.17, 15) is 8.42 Å². The number of sulfonamides is 1. The van der Waals surface area contributed by atoms with Crippen LogP contribution in [0, 0.1) is 5.92 Å². The molecule has 0 atom stereocenters. The lowest BCUT2D eigenvalue weighted by Gasteiger charge is -2.31. The van der Waals surface area contributed by atoms with Crippen LogP contribution in [0.5, 0.6) is 0 Å². The van der Waals surface area contributed by atoms with Crippen molar-refractivity contribution in [3.05, 3.63) is 17.9 Å². The number of hydrogen-bond donors (Lipinski definition) is 1. The molecule has 0 unspecified atom stereocenters. The summed E-state index contributed by atoms with van der Waals surface area (Å²) in [5, 5.41) is 2.97. The zero-order chi connectivity index (χ0) is 15.5. The van der Waals surface area contributed by atoms with Crippen molar-refractivity contribution >= 4 is 10.0 Å². The number of likely N-dealkylation sites (tertiary alicyclic amines) is 1. The first kappa shape index (κ1) is 16.5. The van der Waals surface area contributed by atoms with Gasteiger partial charge < -0.3 is 14.6 Å². The Bertz CT molecular complexity index is 548. The van der Waals surface area contributed by atoms with Gasteiger partial charge in [0.2, 0.25) is 5.09 Å². The maximum Gasteiger partial charge on any atom is 0.276 e. The molecule has 2 heterocycles. The van der Waals surface area contributed by atoms with E-state index in [1.807, 2.05) is 0 Å². The minimum atomic E-state index is -3.52. The van der Waals surface area contributed by atoms with E-state index in [1.165, 1.54) is 10.4 Å². The summed E-state index contributed by atoms with van der Waals surface area (Å²) in [6, 6.07) is 3.24. The topological polar surface area (TPSA) is 65.8 Å². The minimum Gasteiger partial charge on any atom is -0.447 e. The molecular formula is C14H25N3O3S. The van der Waals surface area contributed by atoms with Crippen molar-refractivity contribution < 1.29 is 12.8 Å². The molecule has 0 aliphatic carbocycles. The number of nitrogens with one attached hydrogen (secondary N) is 1. The maximum atomic E-state index is 12.5. The molecular weight excluding hydrogens is 290 g/mol. The van der Waals surface area contributed by atoms with Crippen molar-refractivity contribution in [3.63, 3.8) is 0 Å². The summed E-state index contributed by atoms with van der Waals surface area (Å²) >= 11 is 0. The molecule has 7 heteroatoms. The standard InChI is InChI=1S/C14H25N3O3S/c1-15-10-13-4-5-14(20-13)21(18,19)17(3)11-12-6-8-16(2)9-7-12/h4-5,12,15H,6-11H2,1-3H3. The van der Waals surface area contributed by atoms with E-state index < -0.39 is 10.0 Å². The highest BCUT2D eigenvalue weighted by Crippen LogP contribution is 2.22. The maximum absolute atomic E-state index is 12.5. The molecule has 0 amide bonds. The van der Waals surface area contributed by atoms with Crippen LogP contribution in [-0.4, -0.2) is 58.4 Å². The van der Waals surface area contributed by atoms with Crippen LogP contribution in [0.3, 0.4) is 0 Å². The second-order valence-electron chi connectivity index (χ2n) is 5.78. The Balaban J connectivity index is 2.00. The van der Waals surface area contributed by atoms with Crippen molar-refractivity contribution in [1.29, 1.82) is 0 Å². The summed E-state index contributed by atoms with van der Waals surface area (Å²) in [5.74, 6) is 1.05. The van der Waals surface area contributed by atoms with Gasteiger partial charge in [-0.1, -0.05) is 0 Å². The predicted octanol–water partition coefficient (Wildman–Crippen LogP) is 0.961. The van der Waals surface area contributed by atoms with Crippen LogP contribution in [0.15, 0.2) is 21.6 Å². The van der Waals surface area contributed by atoms with Crippen LogP contribution in [0.4, 0.5) is 0 Å². The molecule has 120 valence electrons. The Morgan fingerprint density at radius 1 is 1.38 bits per heavy atom. The van der Waals surface area contributed by atoms with Gasteiger partial charge in [0, 0.05) is 13.6 Å². The van der Waals surface area contributed by atoms with Gasteiger partial charge in [-0.15, -0.1) is 0 Å². The van der Waals surface area contributed by atoms with Crippen LogP contribution < -0.4 is 5.32 Å². The lowest BCUT2D eigenvalue weighted by atomic mass is 9.97. The molecule has 1 N–H and O–H groups in total. The molecule has 2 rings (SSSR count). The van der Waals surface area contributed by atoms with Crippen molar-refractivity contribution in [3.8, 4) is 0 Å². The second-order valence-corrected chi connectivity index (χ2v) is 7.76. The van der Waals surface area contributed by atoms with Gasteiger partial charge in [0.1, 0.15) is 5.76 Å². The van der Waals surface area contributed by atoms with Gasteiger partial charge in [-0.3, -0.25) is 0 Å². The van der Waals surface area contributed by atoms with Crippen LogP contribution >= 0.6 is 0 Å². The second kappa shape index (κ2) is 6.91. The third-order valence-corrected chi connectivity index (χ3v) is 5.70. The molecule has 1 aromatic rings. The molecule has 1 aromatic heterocycles. The van der Waals surface area contributed by atoms with Gasteiger partial charge in [-0.05, 0) is 58.1 Å². The average molecular weight is 315 g/mol. The first-order valence-electron chi connectivity index (χ1n) is 7.31. The van der Waals surface area contributed by atoms with Gasteiger partial charge in [0.15, 0.2) is 0 Å². The largest absolute Gasteiger partial charge is 0.447 e. The number of piperidine rings is 1. The SMILES string of the molecule is CNCc1ccc(S(=O)(=O)N(C)CC2CCN(C)CC2)o1. The van der Waals surface area contributed by atoms with Gasteiger partial charge in [-0.25, -0.2) is 8.42 Å². The molecule has 1 saturated heterocycles. The molecule has 21 heavy (non-hydrogen) atoms. The average Bonchev–Trinajstić information content (AvgIpc) is 2.91. The summed E-state index contributed by atoms with van der Waals surface area (Å²) in [7, 11) is 2.00. The molecule has 0 radical (unpaired) electrons. The molecule has 0 aromatic carbocycles. The van der Waals surface area contributed by atoms with Crippen LogP contribution in [-0.2, 0) is 16.6 Å². The Kier molecular flexibility index (Phi) is 5.43. The lowest BCUT2D eigenvalue weighted by molar-refractivity contribution is 0.201. The molecule has 1 aliphatic rings. The van der Waals surface area contributed by atoms with Crippen molar-refractivity contribution in [2.45, 2.75) is 24.5 Å². The van der Waals surface area contributed by atoms with E-state index in [0.717, 1.165) is 25.9 Å². The van der Waals surface area contributed by atoms with Gasteiger partial charge in [0.05, 0.1) is 6.54 Å². The normalized spacial score (nSPS) is 18.5. The van der Waals surface area contributed by atoms with E-state index in [-0.39, 0.29) is 5.09 Å². The first-order chi connectivity index (χ1) is 9.93. The van der Waals surface area contributed by atoms with Crippen molar-refractivity contribution in [1.82, 2.24) is 14.5 Å². The monoisotopic (exact) mass is 315 g/mol. The Hall–Kier alpha value is -0.890. The number of hydrogen-bond acceptors (Lipinski definition) is 5. The molecule has 1 fully saturated rings. The molecule has 0 saturated carbocycles. The summed E-state index contributed by atoms with van der Waals surface area (Å²) in [6.07, 6.45) is 2.08. The van der Waals surface area contributed by atoms with E-state index in [0.29, 0.717) is 24.8 Å². The summed E-state index contributed by atoms with van der Waals surface area (Å²) in [5.41, 5.74) is 0. The van der Waals surface area contributed by atoms with E-state index in [4.69, 9.17) is 4.42 Å². The van der Waals surface area contributed by atoms with E-state index in [2.05, 4.69) is 17.3 Å². The number of nitrogens with zero attached hydrogens (tertiary/aromatic N) is 2. The molecule has 1 aliphatic heterocycles. The van der Waals surface area contributed by atoms with Gasteiger partial charge >= 0.3 is 0 Å².